The molecule has 0 radical (unpaired) electrons. The van der Waals surface area contributed by atoms with Gasteiger partial charge in [0.1, 0.15) is 5.76 Å². The molecule has 0 bridgehead atoms. The van der Waals surface area contributed by atoms with Crippen molar-refractivity contribution in [3.63, 3.8) is 0 Å². The zero-order valence-corrected chi connectivity index (χ0v) is 10.9. The highest BCUT2D eigenvalue weighted by atomic mass is 31.2. The lowest BCUT2D eigenvalue weighted by molar-refractivity contribution is 0.180. The van der Waals surface area contributed by atoms with Crippen LogP contribution >= 0.6 is 7.82 Å². The summed E-state index contributed by atoms with van der Waals surface area (Å²) in [6.07, 6.45) is 5.76. The molecule has 0 aromatic heterocycles. The van der Waals surface area contributed by atoms with Gasteiger partial charge in [-0.3, -0.25) is 9.05 Å². The highest BCUT2D eigenvalue weighted by Crippen LogP contribution is 2.50. The lowest BCUT2D eigenvalue weighted by Crippen LogP contribution is -1.95. The fourth-order valence-electron chi connectivity index (χ4n) is 1.01. The van der Waals surface area contributed by atoms with Crippen LogP contribution in [0.5, 0.6) is 0 Å². The Morgan fingerprint density at radius 1 is 1.27 bits per heavy atom. The summed E-state index contributed by atoms with van der Waals surface area (Å²) in [5.41, 5.74) is 0. The first-order valence-electron chi connectivity index (χ1n) is 5.22. The van der Waals surface area contributed by atoms with E-state index in [1.165, 1.54) is 14.2 Å². The second-order valence-corrected chi connectivity index (χ2v) is 4.88. The van der Waals surface area contributed by atoms with E-state index in [1.807, 2.05) is 13.0 Å². The standard InChI is InChI=1S/C10H21O4P/c1-5-7-8-9-10(6-2)14-15(11,12-3)13-4/h9H,5-8H2,1-4H3. The van der Waals surface area contributed by atoms with Crippen molar-refractivity contribution >= 4 is 7.82 Å². The van der Waals surface area contributed by atoms with Gasteiger partial charge < -0.3 is 4.52 Å². The van der Waals surface area contributed by atoms with E-state index >= 15 is 0 Å². The summed E-state index contributed by atoms with van der Waals surface area (Å²) in [5.74, 6) is 0.662. The van der Waals surface area contributed by atoms with Gasteiger partial charge >= 0.3 is 7.82 Å². The van der Waals surface area contributed by atoms with Crippen molar-refractivity contribution in [1.29, 1.82) is 0 Å². The molecule has 15 heavy (non-hydrogen) atoms. The van der Waals surface area contributed by atoms with Gasteiger partial charge in [0.2, 0.25) is 0 Å². The van der Waals surface area contributed by atoms with E-state index in [-0.39, 0.29) is 0 Å². The highest BCUT2D eigenvalue weighted by molar-refractivity contribution is 7.48. The average molecular weight is 236 g/mol. The molecule has 0 aliphatic heterocycles. The zero-order valence-electron chi connectivity index (χ0n) is 9.99. The van der Waals surface area contributed by atoms with Gasteiger partial charge in [0.25, 0.3) is 0 Å². The molecule has 0 atom stereocenters. The molecular weight excluding hydrogens is 215 g/mol. The van der Waals surface area contributed by atoms with Gasteiger partial charge in [0.05, 0.1) is 0 Å². The summed E-state index contributed by atoms with van der Waals surface area (Å²) in [6, 6.07) is 0. The van der Waals surface area contributed by atoms with Gasteiger partial charge in [-0.05, 0) is 18.9 Å². The monoisotopic (exact) mass is 236 g/mol. The van der Waals surface area contributed by atoms with Crippen LogP contribution in [0.4, 0.5) is 0 Å². The molecule has 0 fully saturated rings. The van der Waals surface area contributed by atoms with Crippen LogP contribution in [-0.2, 0) is 18.1 Å². The van der Waals surface area contributed by atoms with Crippen molar-refractivity contribution < 1.29 is 18.1 Å². The van der Waals surface area contributed by atoms with E-state index in [1.54, 1.807) is 0 Å². The van der Waals surface area contributed by atoms with Gasteiger partial charge in [-0.1, -0.05) is 20.3 Å². The van der Waals surface area contributed by atoms with Crippen LogP contribution in [0.1, 0.15) is 39.5 Å². The number of hydrogen-bond donors (Lipinski definition) is 0. The molecule has 0 aromatic rings. The summed E-state index contributed by atoms with van der Waals surface area (Å²) < 4.78 is 26.2. The van der Waals surface area contributed by atoms with E-state index < -0.39 is 7.82 Å². The van der Waals surface area contributed by atoms with Crippen LogP contribution in [0.2, 0.25) is 0 Å². The fourth-order valence-corrected chi connectivity index (χ4v) is 1.79. The quantitative estimate of drug-likeness (QED) is 0.364. The van der Waals surface area contributed by atoms with Crippen LogP contribution in [0, 0.1) is 0 Å². The third-order valence-electron chi connectivity index (χ3n) is 1.95. The number of phosphoric acid groups is 1. The van der Waals surface area contributed by atoms with Crippen molar-refractivity contribution in [2.75, 3.05) is 14.2 Å². The maximum atomic E-state index is 11.6. The Morgan fingerprint density at radius 3 is 2.27 bits per heavy atom. The summed E-state index contributed by atoms with van der Waals surface area (Å²) in [5, 5.41) is 0. The number of hydrogen-bond acceptors (Lipinski definition) is 4. The maximum absolute atomic E-state index is 11.6. The normalized spacial score (nSPS) is 12.9. The summed E-state index contributed by atoms with van der Waals surface area (Å²) in [6.45, 7) is 4.06. The van der Waals surface area contributed by atoms with Crippen LogP contribution < -0.4 is 0 Å². The highest BCUT2D eigenvalue weighted by Gasteiger charge is 2.24. The van der Waals surface area contributed by atoms with Gasteiger partial charge in [0, 0.05) is 20.6 Å². The predicted octanol–water partition coefficient (Wildman–Crippen LogP) is 3.89. The first kappa shape index (κ1) is 14.7. The molecule has 0 saturated carbocycles. The topological polar surface area (TPSA) is 44.8 Å². The van der Waals surface area contributed by atoms with Crippen LogP contribution in [-0.4, -0.2) is 14.2 Å². The smallest absolute Gasteiger partial charge is 0.409 e. The largest absolute Gasteiger partial charge is 0.529 e. The molecule has 0 heterocycles. The van der Waals surface area contributed by atoms with Crippen molar-refractivity contribution in [2.24, 2.45) is 0 Å². The van der Waals surface area contributed by atoms with Gasteiger partial charge in [-0.25, -0.2) is 4.57 Å². The number of allylic oxidation sites excluding steroid dienone is 2. The second kappa shape index (κ2) is 7.91. The molecule has 0 unspecified atom stereocenters. The molecule has 4 nitrogen and oxygen atoms in total. The molecule has 0 aromatic carbocycles. The number of unbranched alkanes of at least 4 members (excludes halogenated alkanes) is 2. The van der Waals surface area contributed by atoms with Gasteiger partial charge in [-0.2, -0.15) is 0 Å². The third-order valence-corrected chi connectivity index (χ3v) is 3.31. The molecular formula is C10H21O4P. The fraction of sp³-hybridized carbons (Fsp3) is 0.800. The third kappa shape index (κ3) is 5.98. The zero-order chi connectivity index (χ0) is 11.7. The first-order valence-corrected chi connectivity index (χ1v) is 6.68. The maximum Gasteiger partial charge on any atom is 0.529 e. The molecule has 0 amide bonds. The summed E-state index contributed by atoms with van der Waals surface area (Å²) >= 11 is 0. The molecule has 0 aliphatic carbocycles. The Kier molecular flexibility index (Phi) is 7.75. The van der Waals surface area contributed by atoms with Gasteiger partial charge in [-0.15, -0.1) is 0 Å². The molecule has 0 saturated heterocycles. The Bertz CT molecular complexity index is 230. The first-order chi connectivity index (χ1) is 7.11. The average Bonchev–Trinajstić information content (AvgIpc) is 2.27. The number of rotatable bonds is 8. The molecule has 5 heteroatoms. The van der Waals surface area contributed by atoms with Crippen molar-refractivity contribution in [2.45, 2.75) is 39.5 Å². The van der Waals surface area contributed by atoms with E-state index in [9.17, 15) is 4.57 Å². The Balaban J connectivity index is 4.30. The van der Waals surface area contributed by atoms with E-state index in [2.05, 4.69) is 6.92 Å². The van der Waals surface area contributed by atoms with Crippen LogP contribution in [0.25, 0.3) is 0 Å². The second-order valence-electron chi connectivity index (χ2n) is 3.07. The minimum atomic E-state index is -3.37. The molecule has 90 valence electrons. The van der Waals surface area contributed by atoms with Crippen LogP contribution in [0.3, 0.4) is 0 Å². The predicted molar refractivity (Wildman–Crippen MR) is 60.6 cm³/mol. The molecule has 0 spiro atoms. The Morgan fingerprint density at radius 2 is 1.87 bits per heavy atom. The summed E-state index contributed by atoms with van der Waals surface area (Å²) in [4.78, 5) is 0. The van der Waals surface area contributed by atoms with Crippen LogP contribution in [0.15, 0.2) is 11.8 Å². The minimum absolute atomic E-state index is 0.662. The Labute approximate surface area is 92.2 Å². The van der Waals surface area contributed by atoms with E-state index in [0.717, 1.165) is 19.3 Å². The molecule has 0 N–H and O–H groups in total. The SMILES string of the molecule is CCCCC=C(CC)OP(=O)(OC)OC. The summed E-state index contributed by atoms with van der Waals surface area (Å²) in [7, 11) is -0.752. The number of phosphoric ester groups is 1. The van der Waals surface area contributed by atoms with Crippen molar-refractivity contribution in [3.05, 3.63) is 11.8 Å². The lowest BCUT2D eigenvalue weighted by atomic mass is 10.2. The van der Waals surface area contributed by atoms with E-state index in [4.69, 9.17) is 13.6 Å². The van der Waals surface area contributed by atoms with Crippen molar-refractivity contribution in [1.82, 2.24) is 0 Å². The molecule has 0 rings (SSSR count). The Hall–Kier alpha value is -0.310. The van der Waals surface area contributed by atoms with Gasteiger partial charge in [0.15, 0.2) is 0 Å². The molecule has 0 aliphatic rings. The van der Waals surface area contributed by atoms with Crippen molar-refractivity contribution in [3.8, 4) is 0 Å². The lowest BCUT2D eigenvalue weighted by Gasteiger charge is -2.15. The minimum Gasteiger partial charge on any atom is -0.409 e. The van der Waals surface area contributed by atoms with E-state index in [0.29, 0.717) is 12.2 Å².